The average molecular weight is 243 g/mol. The van der Waals surface area contributed by atoms with E-state index in [9.17, 15) is 9.90 Å². The third kappa shape index (κ3) is 2.45. The Hall–Kier alpha value is -2.03. The molecule has 0 amide bonds. The topological polar surface area (TPSA) is 53.1 Å². The largest absolute Gasteiger partial charge is 0.503 e. The highest BCUT2D eigenvalue weighted by Gasteiger charge is 2.13. The second-order valence-electron chi connectivity index (χ2n) is 5.41. The summed E-state index contributed by atoms with van der Waals surface area (Å²) in [7, 11) is 0. The Morgan fingerprint density at radius 3 is 2.11 bits per heavy atom. The van der Waals surface area contributed by atoms with Crippen LogP contribution in [0.3, 0.4) is 0 Å². The lowest BCUT2D eigenvalue weighted by Crippen LogP contribution is -2.10. The van der Waals surface area contributed by atoms with Crippen LogP contribution >= 0.6 is 0 Å². The Morgan fingerprint density at radius 1 is 1.00 bits per heavy atom. The smallest absolute Gasteiger partial charge is 0.290 e. The van der Waals surface area contributed by atoms with Crippen molar-refractivity contribution in [1.82, 2.24) is 4.98 Å². The first-order chi connectivity index (χ1) is 8.38. The van der Waals surface area contributed by atoms with Gasteiger partial charge in [-0.1, -0.05) is 45.0 Å². The minimum atomic E-state index is -0.465. The normalized spacial score (nSPS) is 11.5. The van der Waals surface area contributed by atoms with Crippen molar-refractivity contribution >= 4 is 0 Å². The van der Waals surface area contributed by atoms with Crippen molar-refractivity contribution in [2.24, 2.45) is 0 Å². The van der Waals surface area contributed by atoms with Crippen molar-refractivity contribution in [3.8, 4) is 17.0 Å². The Kier molecular flexibility index (Phi) is 2.99. The van der Waals surface area contributed by atoms with E-state index in [-0.39, 0.29) is 11.2 Å². The van der Waals surface area contributed by atoms with E-state index >= 15 is 0 Å². The molecular formula is C15H17NO2. The SMILES string of the molecule is CC(C)(C)c1ccc(-c2ccc(O)c(=O)[nH]2)cc1. The lowest BCUT2D eigenvalue weighted by molar-refractivity contribution is 0.467. The van der Waals surface area contributed by atoms with E-state index in [1.165, 1.54) is 11.6 Å². The van der Waals surface area contributed by atoms with Gasteiger partial charge in [0.2, 0.25) is 0 Å². The van der Waals surface area contributed by atoms with E-state index in [2.05, 4.69) is 37.9 Å². The van der Waals surface area contributed by atoms with Crippen LogP contribution in [0.15, 0.2) is 41.2 Å². The van der Waals surface area contributed by atoms with E-state index in [0.29, 0.717) is 5.69 Å². The fraction of sp³-hybridized carbons (Fsp3) is 0.267. The summed E-state index contributed by atoms with van der Waals surface area (Å²) in [6.45, 7) is 6.47. The monoisotopic (exact) mass is 243 g/mol. The van der Waals surface area contributed by atoms with Gasteiger partial charge in [-0.25, -0.2) is 0 Å². The highest BCUT2D eigenvalue weighted by molar-refractivity contribution is 5.60. The number of nitrogens with one attached hydrogen (secondary N) is 1. The molecule has 0 saturated heterocycles. The molecule has 2 rings (SSSR count). The van der Waals surface area contributed by atoms with Crippen LogP contribution in [0.4, 0.5) is 0 Å². The maximum atomic E-state index is 11.3. The fourth-order valence-electron chi connectivity index (χ4n) is 1.78. The molecule has 18 heavy (non-hydrogen) atoms. The van der Waals surface area contributed by atoms with Gasteiger partial charge in [-0.05, 0) is 28.7 Å². The number of H-pyrrole nitrogens is 1. The predicted octanol–water partition coefficient (Wildman–Crippen LogP) is 3.05. The summed E-state index contributed by atoms with van der Waals surface area (Å²) in [5.41, 5.74) is 2.53. The van der Waals surface area contributed by atoms with Crippen LogP contribution in [0.5, 0.6) is 5.75 Å². The molecule has 3 nitrogen and oxygen atoms in total. The van der Waals surface area contributed by atoms with Gasteiger partial charge in [-0.2, -0.15) is 0 Å². The second kappa shape index (κ2) is 4.33. The molecule has 1 aromatic carbocycles. The molecule has 0 atom stereocenters. The first-order valence-electron chi connectivity index (χ1n) is 5.91. The number of aromatic amines is 1. The van der Waals surface area contributed by atoms with Crippen LogP contribution in [-0.2, 0) is 5.41 Å². The number of aromatic hydroxyl groups is 1. The van der Waals surface area contributed by atoms with Gasteiger partial charge in [0.05, 0.1) is 0 Å². The summed E-state index contributed by atoms with van der Waals surface area (Å²) >= 11 is 0. The molecule has 0 unspecified atom stereocenters. The lowest BCUT2D eigenvalue weighted by atomic mass is 9.86. The highest BCUT2D eigenvalue weighted by Crippen LogP contribution is 2.25. The van der Waals surface area contributed by atoms with E-state index in [0.717, 1.165) is 5.56 Å². The van der Waals surface area contributed by atoms with Gasteiger partial charge in [0, 0.05) is 5.69 Å². The standard InChI is InChI=1S/C15H17NO2/c1-15(2,3)11-6-4-10(5-7-11)12-8-9-13(17)14(18)16-12/h4-9,17H,1-3H3,(H,16,18). The summed E-state index contributed by atoms with van der Waals surface area (Å²) in [5.74, 6) is -0.259. The summed E-state index contributed by atoms with van der Waals surface area (Å²) in [4.78, 5) is 14.0. The van der Waals surface area contributed by atoms with E-state index < -0.39 is 5.56 Å². The van der Waals surface area contributed by atoms with Gasteiger partial charge in [-0.3, -0.25) is 4.79 Å². The van der Waals surface area contributed by atoms with Crippen molar-refractivity contribution in [3.05, 3.63) is 52.3 Å². The van der Waals surface area contributed by atoms with Crippen molar-refractivity contribution in [1.29, 1.82) is 0 Å². The van der Waals surface area contributed by atoms with E-state index in [4.69, 9.17) is 0 Å². The number of rotatable bonds is 1. The van der Waals surface area contributed by atoms with Crippen molar-refractivity contribution < 1.29 is 5.11 Å². The fourth-order valence-corrected chi connectivity index (χ4v) is 1.78. The van der Waals surface area contributed by atoms with Crippen LogP contribution in [0.1, 0.15) is 26.3 Å². The zero-order valence-electron chi connectivity index (χ0n) is 10.8. The molecule has 1 aromatic heterocycles. The zero-order valence-corrected chi connectivity index (χ0v) is 10.8. The van der Waals surface area contributed by atoms with Crippen LogP contribution < -0.4 is 5.56 Å². The van der Waals surface area contributed by atoms with Crippen molar-refractivity contribution in [2.45, 2.75) is 26.2 Å². The number of aromatic nitrogens is 1. The van der Waals surface area contributed by atoms with E-state index in [1.807, 2.05) is 12.1 Å². The number of pyridine rings is 1. The molecule has 2 aromatic rings. The molecule has 0 aliphatic rings. The van der Waals surface area contributed by atoms with E-state index in [1.54, 1.807) is 6.07 Å². The summed E-state index contributed by atoms with van der Waals surface area (Å²) in [5, 5.41) is 9.20. The molecular weight excluding hydrogens is 226 g/mol. The van der Waals surface area contributed by atoms with Crippen molar-refractivity contribution in [3.63, 3.8) is 0 Å². The highest BCUT2D eigenvalue weighted by atomic mass is 16.3. The molecule has 94 valence electrons. The Morgan fingerprint density at radius 2 is 1.61 bits per heavy atom. The molecule has 3 heteroatoms. The minimum Gasteiger partial charge on any atom is -0.503 e. The van der Waals surface area contributed by atoms with Crippen LogP contribution in [-0.4, -0.2) is 10.1 Å². The second-order valence-corrected chi connectivity index (χ2v) is 5.41. The molecule has 0 saturated carbocycles. The molecule has 0 bridgehead atoms. The third-order valence-corrected chi connectivity index (χ3v) is 2.95. The number of hydrogen-bond donors (Lipinski definition) is 2. The van der Waals surface area contributed by atoms with Crippen molar-refractivity contribution in [2.75, 3.05) is 0 Å². The maximum Gasteiger partial charge on any atom is 0.290 e. The molecule has 0 aliphatic heterocycles. The molecule has 0 fully saturated rings. The zero-order chi connectivity index (χ0) is 13.3. The van der Waals surface area contributed by atoms with Gasteiger partial charge < -0.3 is 10.1 Å². The Labute approximate surface area is 106 Å². The molecule has 0 spiro atoms. The quantitative estimate of drug-likeness (QED) is 0.808. The van der Waals surface area contributed by atoms with Crippen LogP contribution in [0.2, 0.25) is 0 Å². The van der Waals surface area contributed by atoms with Crippen LogP contribution in [0.25, 0.3) is 11.3 Å². The first-order valence-corrected chi connectivity index (χ1v) is 5.91. The van der Waals surface area contributed by atoms with Gasteiger partial charge in [-0.15, -0.1) is 0 Å². The van der Waals surface area contributed by atoms with Gasteiger partial charge in [0.1, 0.15) is 0 Å². The minimum absolute atomic E-state index is 0.112. The molecule has 0 aliphatic carbocycles. The Bertz CT molecular complexity index is 604. The molecule has 0 radical (unpaired) electrons. The molecule has 1 heterocycles. The van der Waals surface area contributed by atoms with Crippen LogP contribution in [0, 0.1) is 0 Å². The number of hydrogen-bond acceptors (Lipinski definition) is 2. The van der Waals surface area contributed by atoms with Gasteiger partial charge in [0.15, 0.2) is 5.75 Å². The summed E-state index contributed by atoms with van der Waals surface area (Å²) < 4.78 is 0. The van der Waals surface area contributed by atoms with Gasteiger partial charge >= 0.3 is 0 Å². The lowest BCUT2D eigenvalue weighted by Gasteiger charge is -2.19. The van der Waals surface area contributed by atoms with Gasteiger partial charge in [0.25, 0.3) is 5.56 Å². The number of benzene rings is 1. The predicted molar refractivity (Wildman–Crippen MR) is 72.9 cm³/mol. The summed E-state index contributed by atoms with van der Waals surface area (Å²) in [6.07, 6.45) is 0. The average Bonchev–Trinajstić information content (AvgIpc) is 2.32. The summed E-state index contributed by atoms with van der Waals surface area (Å²) in [6, 6.07) is 11.2. The third-order valence-electron chi connectivity index (χ3n) is 2.95. The Balaban J connectivity index is 2.40. The first kappa shape index (κ1) is 12.4. The maximum absolute atomic E-state index is 11.3. The molecule has 2 N–H and O–H groups in total.